The Morgan fingerprint density at radius 3 is 2.80 bits per heavy atom. The highest BCUT2D eigenvalue weighted by Crippen LogP contribution is 2.28. The SMILES string of the molecule is COc1cccc2cc(C(=O)NCc3nc(C)cc(N(C)C)n3)oc12. The van der Waals surface area contributed by atoms with E-state index in [0.717, 1.165) is 16.9 Å². The van der Waals surface area contributed by atoms with E-state index in [-0.39, 0.29) is 18.2 Å². The van der Waals surface area contributed by atoms with Crippen LogP contribution in [0.1, 0.15) is 22.1 Å². The molecule has 7 nitrogen and oxygen atoms in total. The molecular formula is C18H20N4O3. The van der Waals surface area contributed by atoms with Crippen molar-refractivity contribution in [3.63, 3.8) is 0 Å². The quantitative estimate of drug-likeness (QED) is 0.769. The van der Waals surface area contributed by atoms with E-state index in [4.69, 9.17) is 9.15 Å². The molecule has 0 saturated heterocycles. The van der Waals surface area contributed by atoms with E-state index in [2.05, 4.69) is 15.3 Å². The van der Waals surface area contributed by atoms with Crippen LogP contribution in [-0.2, 0) is 6.54 Å². The van der Waals surface area contributed by atoms with Gasteiger partial charge in [-0.15, -0.1) is 0 Å². The number of furan rings is 1. The number of amides is 1. The van der Waals surface area contributed by atoms with Crippen molar-refractivity contribution in [2.24, 2.45) is 0 Å². The fraction of sp³-hybridized carbons (Fsp3) is 0.278. The molecular weight excluding hydrogens is 320 g/mol. The summed E-state index contributed by atoms with van der Waals surface area (Å²) in [6.45, 7) is 2.11. The fourth-order valence-electron chi connectivity index (χ4n) is 2.48. The van der Waals surface area contributed by atoms with Crippen molar-refractivity contribution in [1.82, 2.24) is 15.3 Å². The molecule has 0 saturated carbocycles. The summed E-state index contributed by atoms with van der Waals surface area (Å²) in [5.41, 5.74) is 1.40. The summed E-state index contributed by atoms with van der Waals surface area (Å²) in [6.07, 6.45) is 0. The molecule has 0 aliphatic carbocycles. The number of fused-ring (bicyclic) bond motifs is 1. The zero-order chi connectivity index (χ0) is 18.0. The second-order valence-electron chi connectivity index (χ2n) is 5.85. The van der Waals surface area contributed by atoms with Crippen molar-refractivity contribution in [2.75, 3.05) is 26.1 Å². The lowest BCUT2D eigenvalue weighted by atomic mass is 10.2. The number of hydrogen-bond donors (Lipinski definition) is 1. The molecule has 0 aliphatic heterocycles. The Morgan fingerprint density at radius 2 is 2.08 bits per heavy atom. The Hall–Kier alpha value is -3.09. The van der Waals surface area contributed by atoms with Crippen LogP contribution in [0.3, 0.4) is 0 Å². The molecule has 1 N–H and O–H groups in total. The average molecular weight is 340 g/mol. The van der Waals surface area contributed by atoms with Gasteiger partial charge >= 0.3 is 0 Å². The summed E-state index contributed by atoms with van der Waals surface area (Å²) in [4.78, 5) is 23.0. The highest BCUT2D eigenvalue weighted by Gasteiger charge is 2.15. The number of rotatable bonds is 5. The smallest absolute Gasteiger partial charge is 0.287 e. The van der Waals surface area contributed by atoms with Gasteiger partial charge in [0.25, 0.3) is 5.91 Å². The number of anilines is 1. The minimum atomic E-state index is -0.324. The molecule has 0 radical (unpaired) electrons. The Labute approximate surface area is 145 Å². The number of carbonyl (C=O) groups is 1. The molecule has 2 aromatic heterocycles. The lowest BCUT2D eigenvalue weighted by Crippen LogP contribution is -2.24. The van der Waals surface area contributed by atoms with Crippen LogP contribution >= 0.6 is 0 Å². The largest absolute Gasteiger partial charge is 0.493 e. The van der Waals surface area contributed by atoms with Gasteiger partial charge in [-0.05, 0) is 19.1 Å². The molecule has 1 aromatic carbocycles. The predicted octanol–water partition coefficient (Wildman–Crippen LogP) is 2.54. The third kappa shape index (κ3) is 3.55. The van der Waals surface area contributed by atoms with Crippen LogP contribution in [0.5, 0.6) is 5.75 Å². The molecule has 0 atom stereocenters. The van der Waals surface area contributed by atoms with E-state index in [1.165, 1.54) is 0 Å². The zero-order valence-electron chi connectivity index (χ0n) is 14.7. The van der Waals surface area contributed by atoms with Crippen LogP contribution < -0.4 is 15.0 Å². The number of hydrogen-bond acceptors (Lipinski definition) is 6. The van der Waals surface area contributed by atoms with Crippen LogP contribution in [-0.4, -0.2) is 37.1 Å². The summed E-state index contributed by atoms with van der Waals surface area (Å²) < 4.78 is 10.9. The number of aryl methyl sites for hydroxylation is 1. The van der Waals surface area contributed by atoms with E-state index in [1.54, 1.807) is 19.2 Å². The van der Waals surface area contributed by atoms with E-state index in [0.29, 0.717) is 17.2 Å². The van der Waals surface area contributed by atoms with Gasteiger partial charge in [0.05, 0.1) is 13.7 Å². The first-order valence-electron chi connectivity index (χ1n) is 7.84. The first-order valence-corrected chi connectivity index (χ1v) is 7.84. The minimum absolute atomic E-state index is 0.218. The van der Waals surface area contributed by atoms with Gasteiger partial charge in [0, 0.05) is 31.2 Å². The molecule has 3 rings (SSSR count). The number of methoxy groups -OCH3 is 1. The molecule has 130 valence electrons. The minimum Gasteiger partial charge on any atom is -0.493 e. The van der Waals surface area contributed by atoms with Crippen LogP contribution in [0.4, 0.5) is 5.82 Å². The van der Waals surface area contributed by atoms with Crippen molar-refractivity contribution >= 4 is 22.7 Å². The summed E-state index contributed by atoms with van der Waals surface area (Å²) in [5.74, 6) is 1.83. The molecule has 0 fully saturated rings. The van der Waals surface area contributed by atoms with Gasteiger partial charge in [-0.3, -0.25) is 4.79 Å². The normalized spacial score (nSPS) is 10.7. The number of ether oxygens (including phenoxy) is 1. The van der Waals surface area contributed by atoms with Crippen LogP contribution in [0.25, 0.3) is 11.0 Å². The first kappa shape index (κ1) is 16.8. The molecule has 1 amide bonds. The second-order valence-corrected chi connectivity index (χ2v) is 5.85. The van der Waals surface area contributed by atoms with Gasteiger partial charge < -0.3 is 19.4 Å². The number of nitrogens with zero attached hydrogens (tertiary/aromatic N) is 3. The molecule has 7 heteroatoms. The van der Waals surface area contributed by atoms with Crippen molar-refractivity contribution < 1.29 is 13.9 Å². The maximum Gasteiger partial charge on any atom is 0.287 e. The molecule has 3 aromatic rings. The molecule has 0 aliphatic rings. The van der Waals surface area contributed by atoms with Crippen LogP contribution in [0.15, 0.2) is 34.7 Å². The maximum atomic E-state index is 12.4. The molecule has 25 heavy (non-hydrogen) atoms. The monoisotopic (exact) mass is 340 g/mol. The molecule has 0 bridgehead atoms. The number of benzene rings is 1. The fourth-order valence-corrected chi connectivity index (χ4v) is 2.48. The zero-order valence-corrected chi connectivity index (χ0v) is 14.7. The third-order valence-corrected chi connectivity index (χ3v) is 3.70. The Bertz CT molecular complexity index is 918. The van der Waals surface area contributed by atoms with Crippen molar-refractivity contribution in [3.8, 4) is 5.75 Å². The molecule has 2 heterocycles. The lowest BCUT2D eigenvalue weighted by Gasteiger charge is -2.13. The Kier molecular flexibility index (Phi) is 4.56. The number of nitrogens with one attached hydrogen (secondary N) is 1. The highest BCUT2D eigenvalue weighted by atomic mass is 16.5. The Balaban J connectivity index is 1.77. The summed E-state index contributed by atoms with van der Waals surface area (Å²) in [7, 11) is 5.38. The van der Waals surface area contributed by atoms with Crippen molar-refractivity contribution in [3.05, 3.63) is 47.6 Å². The summed E-state index contributed by atoms with van der Waals surface area (Å²) in [6, 6.07) is 9.08. The van der Waals surface area contributed by atoms with Crippen molar-refractivity contribution in [1.29, 1.82) is 0 Å². The van der Waals surface area contributed by atoms with E-state index in [9.17, 15) is 4.79 Å². The number of aromatic nitrogens is 2. The molecule has 0 unspecified atom stereocenters. The second kappa shape index (κ2) is 6.80. The average Bonchev–Trinajstić information content (AvgIpc) is 3.03. The van der Waals surface area contributed by atoms with E-state index in [1.807, 2.05) is 44.1 Å². The van der Waals surface area contributed by atoms with Gasteiger partial charge in [-0.25, -0.2) is 9.97 Å². The molecule has 0 spiro atoms. The van der Waals surface area contributed by atoms with Crippen LogP contribution in [0, 0.1) is 6.92 Å². The van der Waals surface area contributed by atoms with Gasteiger partial charge in [-0.1, -0.05) is 12.1 Å². The summed E-state index contributed by atoms with van der Waals surface area (Å²) in [5, 5.41) is 3.60. The standard InChI is InChI=1S/C18H20N4O3/c1-11-8-16(22(2)3)21-15(20-11)10-19-18(23)14-9-12-6-5-7-13(24-4)17(12)25-14/h5-9H,10H2,1-4H3,(H,19,23). The van der Waals surface area contributed by atoms with Gasteiger partial charge in [-0.2, -0.15) is 0 Å². The highest BCUT2D eigenvalue weighted by molar-refractivity contribution is 5.97. The first-order chi connectivity index (χ1) is 12.0. The Morgan fingerprint density at radius 1 is 1.28 bits per heavy atom. The third-order valence-electron chi connectivity index (χ3n) is 3.70. The summed E-state index contributed by atoms with van der Waals surface area (Å²) >= 11 is 0. The number of carbonyl (C=O) groups excluding carboxylic acids is 1. The lowest BCUT2D eigenvalue weighted by molar-refractivity contribution is 0.0924. The maximum absolute atomic E-state index is 12.4. The predicted molar refractivity (Wildman–Crippen MR) is 95.0 cm³/mol. The topological polar surface area (TPSA) is 80.5 Å². The van der Waals surface area contributed by atoms with E-state index >= 15 is 0 Å². The number of para-hydroxylation sites is 1. The van der Waals surface area contributed by atoms with Gasteiger partial charge in [0.2, 0.25) is 0 Å². The van der Waals surface area contributed by atoms with Crippen molar-refractivity contribution in [2.45, 2.75) is 13.5 Å². The van der Waals surface area contributed by atoms with Gasteiger partial charge in [0.15, 0.2) is 17.1 Å². The van der Waals surface area contributed by atoms with Crippen LogP contribution in [0.2, 0.25) is 0 Å². The van der Waals surface area contributed by atoms with E-state index < -0.39 is 0 Å². The van der Waals surface area contributed by atoms with Gasteiger partial charge in [0.1, 0.15) is 11.6 Å².